The van der Waals surface area contributed by atoms with E-state index in [0.29, 0.717) is 54.7 Å². The molecule has 25 nitrogen and oxygen atoms in total. The predicted octanol–water partition coefficient (Wildman–Crippen LogP) is 18.5. The smallest absolute Gasteiger partial charge is 0.478 e. The minimum absolute atomic E-state index is 0.0480. The number of nitrogens with two attached hydrogens (primary N) is 3. The van der Waals surface area contributed by atoms with E-state index in [1.165, 1.54) is 97.1 Å². The number of esters is 4. The minimum Gasteiger partial charge on any atom is -0.478 e. The van der Waals surface area contributed by atoms with Crippen LogP contribution in [0.2, 0.25) is 5.15 Å². The largest absolute Gasteiger partial charge is 0.494 e. The van der Waals surface area contributed by atoms with Crippen LogP contribution in [0.3, 0.4) is 0 Å². The Morgan fingerprint density at radius 3 is 1.17 bits per heavy atom. The highest BCUT2D eigenvalue weighted by molar-refractivity contribution is 9.11. The van der Waals surface area contributed by atoms with E-state index in [9.17, 15) is 45.9 Å². The van der Waals surface area contributed by atoms with Gasteiger partial charge in [0.2, 0.25) is 0 Å². The van der Waals surface area contributed by atoms with E-state index in [0.717, 1.165) is 25.3 Å². The van der Waals surface area contributed by atoms with Gasteiger partial charge in [-0.25, -0.2) is 70.8 Å². The Hall–Kier alpha value is -8.90. The average Bonchev–Trinajstić information content (AvgIpc) is 1.63. The van der Waals surface area contributed by atoms with Crippen LogP contribution >= 0.6 is 59.4 Å². The topological polar surface area (TPSA) is 353 Å². The van der Waals surface area contributed by atoms with Crippen molar-refractivity contribution in [3.63, 3.8) is 0 Å². The van der Waals surface area contributed by atoms with E-state index in [1.807, 2.05) is 27.7 Å². The summed E-state index contributed by atoms with van der Waals surface area (Å²) in [5, 5.41) is 8.66. The second-order valence-corrected chi connectivity index (χ2v) is 35.9. The van der Waals surface area contributed by atoms with Gasteiger partial charge in [0.15, 0.2) is 16.8 Å². The summed E-state index contributed by atoms with van der Waals surface area (Å²) < 4.78 is 126. The fourth-order valence-corrected chi connectivity index (χ4v) is 11.5. The highest BCUT2D eigenvalue weighted by atomic mass is 79.9. The first-order valence-electron chi connectivity index (χ1n) is 37.0. The summed E-state index contributed by atoms with van der Waals surface area (Å²) >= 11 is 14.7. The van der Waals surface area contributed by atoms with E-state index in [2.05, 4.69) is 111 Å². The SMILES string of the molecule is CC(C)(C)OC(=O)c1ccc(-c2nc(Br)cnc2N)cc1F.CC(C)(C)OC(=O)c1ccc(-c2nccnc2N)cc1F.CC(C)(C)OC(=O)c1ccc(B2OC(C)(C)C(C)(C)O2)cc1F.CC(C)(C)OC(=O)c1ccc(Br)cc1F.CC1(C)OB(C2=CCC3(CC2)OCCO3)OC1(C)C.Nc1nccnc1Cl.O=C(O)c1ccc(Br)cc1F. The molecule has 3 fully saturated rings. The van der Waals surface area contributed by atoms with Crippen LogP contribution in [0, 0.1) is 29.1 Å². The lowest BCUT2D eigenvalue weighted by atomic mass is 9.71. The first-order chi connectivity index (χ1) is 54.8. The standard InChI is InChI=1S/C17H24BFO4.C15H15BrFN3O2.C15H16FN3O2.C14H23BO4.C11H12BrFO2.C7H4BrFO2.C4H4ClN3/c1-15(2,3)21-14(20)12-9-8-11(10-13(12)19)18-22-16(4,5)17(6,7)23-18;1-15(2,3)22-14(21)9-5-4-8(6-10(9)17)12-13(18)19-7-11(16)20-12;1-15(2,3)21-14(20)10-5-4-9(8-11(10)16)12-13(17)19-7-6-18-12;1-12(2)13(3,4)19-15(18-12)11-5-7-14(8-6-11)16-9-10-17-14;1-11(2,3)15-10(14)8-5-4-7(12)6-9(8)13;8-4-1-2-5(7(10)11)6(9)3-4;5-3-4(6)8-2-1-7-3/h8-10H,1-7H3;4-7H,1-3H3,(H2,18,19);4-8H,1-3H3,(H2,17,19);5H,6-10H2,1-4H3;4-6H,1-3H3;1-3H,(H,10,11);1-2H,(H2,6,8). The Morgan fingerprint density at radius 1 is 0.462 bits per heavy atom. The number of rotatable bonds is 9. The molecule has 0 saturated carbocycles. The van der Waals surface area contributed by atoms with Crippen molar-refractivity contribution < 1.29 is 98.1 Å². The zero-order valence-corrected chi connectivity index (χ0v) is 75.2. The van der Waals surface area contributed by atoms with Crippen LogP contribution in [0.4, 0.5) is 39.4 Å². The third kappa shape index (κ3) is 29.5. The number of benzene rings is 5. The second-order valence-electron chi connectivity index (χ2n) is 32.9. The van der Waals surface area contributed by atoms with Crippen molar-refractivity contribution >= 4 is 126 Å². The first kappa shape index (κ1) is 98.9. The fourth-order valence-electron chi connectivity index (χ4n) is 10.4. The lowest BCUT2D eigenvalue weighted by Gasteiger charge is -2.32. The van der Waals surface area contributed by atoms with Gasteiger partial charge in [-0.2, -0.15) is 0 Å². The maximum absolute atomic E-state index is 14.3. The van der Waals surface area contributed by atoms with Gasteiger partial charge in [-0.05, 0) is 245 Å². The number of ether oxygens (including phenoxy) is 6. The van der Waals surface area contributed by atoms with Crippen LogP contribution < -0.4 is 22.7 Å². The summed E-state index contributed by atoms with van der Waals surface area (Å²) in [5.74, 6) is -7.09. The number of carbonyl (C=O) groups is 5. The predicted molar refractivity (Wildman–Crippen MR) is 453 cm³/mol. The number of carboxylic acid groups (broad SMARTS) is 1. The van der Waals surface area contributed by atoms with Crippen LogP contribution in [-0.4, -0.2) is 143 Å². The number of aromatic nitrogens is 6. The zero-order valence-electron chi connectivity index (χ0n) is 69.7. The number of nitrogen functional groups attached to an aromatic ring is 3. The van der Waals surface area contributed by atoms with Crippen LogP contribution in [0.1, 0.15) is 210 Å². The number of aromatic carboxylic acids is 1. The van der Waals surface area contributed by atoms with Gasteiger partial charge < -0.3 is 69.3 Å². The Balaban J connectivity index is 0.000000220. The molecule has 0 bridgehead atoms. The first-order valence-corrected chi connectivity index (χ1v) is 39.8. The molecule has 3 saturated heterocycles. The number of allylic oxidation sites excluding steroid dienone is 1. The molecule has 1 aliphatic carbocycles. The lowest BCUT2D eigenvalue weighted by Crippen LogP contribution is -2.41. The second kappa shape index (κ2) is 40.6. The number of anilines is 3. The molecule has 36 heteroatoms. The maximum Gasteiger partial charge on any atom is 0.494 e. The van der Waals surface area contributed by atoms with Gasteiger partial charge in [-0.15, -0.1) is 0 Å². The van der Waals surface area contributed by atoms with Gasteiger partial charge in [0.1, 0.15) is 79.1 Å². The van der Waals surface area contributed by atoms with E-state index >= 15 is 0 Å². The van der Waals surface area contributed by atoms with Gasteiger partial charge in [-0.3, -0.25) is 4.98 Å². The van der Waals surface area contributed by atoms with Crippen LogP contribution in [0.25, 0.3) is 22.5 Å². The highest BCUT2D eigenvalue weighted by Gasteiger charge is 2.54. The molecule has 1 spiro atoms. The molecule has 6 heterocycles. The molecule has 0 radical (unpaired) electrons. The summed E-state index contributed by atoms with van der Waals surface area (Å²) in [7, 11) is -0.883. The summed E-state index contributed by atoms with van der Waals surface area (Å²) in [4.78, 5) is 81.0. The molecule has 3 aromatic heterocycles. The van der Waals surface area contributed by atoms with Gasteiger partial charge in [0.05, 0.1) is 69.6 Å². The number of carbonyl (C=O) groups excluding carboxylic acids is 4. The zero-order chi connectivity index (χ0) is 89.5. The van der Waals surface area contributed by atoms with E-state index in [4.69, 9.17) is 80.9 Å². The number of hydrogen-bond donors (Lipinski definition) is 4. The third-order valence-electron chi connectivity index (χ3n) is 17.6. The van der Waals surface area contributed by atoms with E-state index in [-0.39, 0.29) is 74.5 Å². The molecule has 0 atom stereocenters. The highest BCUT2D eigenvalue weighted by Crippen LogP contribution is 2.43. The summed E-state index contributed by atoms with van der Waals surface area (Å²) in [6.45, 7) is 38.2. The molecule has 12 rings (SSSR count). The quantitative estimate of drug-likeness (QED) is 0.0451. The summed E-state index contributed by atoms with van der Waals surface area (Å²) in [6.07, 6.45) is 12.1. The lowest BCUT2D eigenvalue weighted by molar-refractivity contribution is -0.161. The molecule has 640 valence electrons. The Labute approximate surface area is 720 Å². The molecular formula is C83H98B2Br3ClF5N9O16. The number of carboxylic acids is 1. The molecule has 5 aromatic carbocycles. The molecule has 0 unspecified atom stereocenters. The number of halogens is 9. The van der Waals surface area contributed by atoms with Gasteiger partial charge in [0, 0.05) is 57.7 Å². The van der Waals surface area contributed by atoms with Gasteiger partial charge in [-0.1, -0.05) is 67.7 Å². The van der Waals surface area contributed by atoms with Crippen molar-refractivity contribution in [3.05, 3.63) is 209 Å². The monoisotopic (exact) mass is 1870 g/mol. The molecule has 7 N–H and O–H groups in total. The molecule has 3 aliphatic heterocycles. The Kier molecular flexibility index (Phi) is 33.8. The Bertz CT molecular complexity index is 4930. The minimum atomic E-state index is -1.25. The molecule has 8 aromatic rings. The third-order valence-corrected chi connectivity index (χ3v) is 19.2. The van der Waals surface area contributed by atoms with Crippen molar-refractivity contribution in [3.8, 4) is 22.5 Å². The maximum atomic E-state index is 14.3. The van der Waals surface area contributed by atoms with Crippen molar-refractivity contribution in [2.75, 3.05) is 30.4 Å². The van der Waals surface area contributed by atoms with Crippen LogP contribution in [0.15, 0.2) is 147 Å². The molecule has 119 heavy (non-hydrogen) atoms. The van der Waals surface area contributed by atoms with Crippen molar-refractivity contribution in [1.29, 1.82) is 0 Å². The van der Waals surface area contributed by atoms with Gasteiger partial charge >= 0.3 is 44.1 Å². The average molecular weight is 1870 g/mol. The van der Waals surface area contributed by atoms with Crippen molar-refractivity contribution in [1.82, 2.24) is 29.9 Å². The molecule has 4 aliphatic rings. The van der Waals surface area contributed by atoms with Crippen LogP contribution in [-0.2, 0) is 47.0 Å². The van der Waals surface area contributed by atoms with E-state index < -0.39 is 99.7 Å². The number of nitrogens with zero attached hydrogens (tertiary/aromatic N) is 6. The number of hydrogen-bond acceptors (Lipinski definition) is 24. The molecule has 0 amide bonds. The Morgan fingerprint density at radius 2 is 0.815 bits per heavy atom. The van der Waals surface area contributed by atoms with Crippen LogP contribution in [0.5, 0.6) is 0 Å². The van der Waals surface area contributed by atoms with E-state index in [1.54, 1.807) is 107 Å². The fraction of sp³-hybridized carbons (Fsp3) is 0.410. The summed E-state index contributed by atoms with van der Waals surface area (Å²) in [6, 6.07) is 20.5. The molecular weight excluding hydrogens is 1770 g/mol. The summed E-state index contributed by atoms with van der Waals surface area (Å²) in [5.41, 5.74) is 15.1. The van der Waals surface area contributed by atoms with Gasteiger partial charge in [0.25, 0.3) is 0 Å². The van der Waals surface area contributed by atoms with Crippen molar-refractivity contribution in [2.24, 2.45) is 0 Å². The van der Waals surface area contributed by atoms with Crippen molar-refractivity contribution in [2.45, 2.75) is 208 Å². The normalized spacial score (nSPS) is 15.9.